The molecule has 0 aromatic heterocycles. The predicted molar refractivity (Wildman–Crippen MR) is 129 cm³/mol. The van der Waals surface area contributed by atoms with E-state index in [9.17, 15) is 14.9 Å². The molecule has 0 bridgehead atoms. The van der Waals surface area contributed by atoms with Crippen LogP contribution in [0.4, 0.5) is 5.69 Å². The Labute approximate surface area is 202 Å². The van der Waals surface area contributed by atoms with Crippen LogP contribution in [0, 0.1) is 10.1 Å². The van der Waals surface area contributed by atoms with Gasteiger partial charge < -0.3 is 23.8 Å². The number of carbonyl (C=O) groups excluding carboxylic acids is 1. The lowest BCUT2D eigenvalue weighted by Crippen LogP contribution is -2.42. The minimum absolute atomic E-state index is 0.0678. The molecule has 182 valence electrons. The van der Waals surface area contributed by atoms with Crippen molar-refractivity contribution in [3.8, 4) is 23.0 Å². The Kier molecular flexibility index (Phi) is 7.05. The fraction of sp³-hybridized carbons (Fsp3) is 0.269. The number of methoxy groups -OCH3 is 3. The number of fused-ring (bicyclic) bond motifs is 1. The van der Waals surface area contributed by atoms with Crippen LogP contribution in [-0.2, 0) is 6.42 Å². The summed E-state index contributed by atoms with van der Waals surface area (Å²) in [6.07, 6.45) is 0.618. The van der Waals surface area contributed by atoms with Crippen molar-refractivity contribution in [1.82, 2.24) is 4.90 Å². The SMILES string of the molecule is COc1ccc(OC[C@H]2c3cc(OC)c(OC)cc3CCN2C(=O)c2ccc([N+](=O)[O-])cc2)cc1. The van der Waals surface area contributed by atoms with Crippen molar-refractivity contribution in [2.75, 3.05) is 34.5 Å². The molecular formula is C26H26N2O7. The minimum atomic E-state index is -0.490. The summed E-state index contributed by atoms with van der Waals surface area (Å²) in [6.45, 7) is 0.655. The van der Waals surface area contributed by atoms with Crippen LogP contribution >= 0.6 is 0 Å². The Balaban J connectivity index is 1.67. The average Bonchev–Trinajstić information content (AvgIpc) is 2.90. The summed E-state index contributed by atoms with van der Waals surface area (Å²) < 4.78 is 22.3. The summed E-state index contributed by atoms with van der Waals surface area (Å²) in [5, 5.41) is 11.0. The van der Waals surface area contributed by atoms with Gasteiger partial charge in [0.25, 0.3) is 11.6 Å². The number of amides is 1. The molecule has 0 saturated heterocycles. The van der Waals surface area contributed by atoms with E-state index in [4.69, 9.17) is 18.9 Å². The number of benzene rings is 3. The van der Waals surface area contributed by atoms with Crippen molar-refractivity contribution in [2.24, 2.45) is 0 Å². The van der Waals surface area contributed by atoms with Crippen LogP contribution in [0.5, 0.6) is 23.0 Å². The molecule has 3 aromatic rings. The van der Waals surface area contributed by atoms with E-state index >= 15 is 0 Å². The molecule has 1 aliphatic heterocycles. The van der Waals surface area contributed by atoms with Crippen molar-refractivity contribution in [3.05, 3.63) is 87.5 Å². The first-order valence-corrected chi connectivity index (χ1v) is 11.0. The highest BCUT2D eigenvalue weighted by Gasteiger charge is 2.33. The normalized spacial score (nSPS) is 14.6. The number of nitro benzene ring substituents is 1. The standard InChI is InChI=1S/C26H26N2O7/c1-32-20-8-10-21(11-9-20)35-16-23-22-15-25(34-3)24(33-2)14-18(22)12-13-27(23)26(29)17-4-6-19(7-5-17)28(30)31/h4-11,14-15,23H,12-13,16H2,1-3H3/t23-/m0/s1. The number of carbonyl (C=O) groups is 1. The number of rotatable bonds is 8. The molecule has 0 radical (unpaired) electrons. The molecule has 9 heteroatoms. The second kappa shape index (κ2) is 10.3. The number of hydrogen-bond acceptors (Lipinski definition) is 7. The van der Waals surface area contributed by atoms with E-state index in [0.717, 1.165) is 11.1 Å². The highest BCUT2D eigenvalue weighted by molar-refractivity contribution is 5.95. The number of nitro groups is 1. The van der Waals surface area contributed by atoms with Crippen LogP contribution in [0.2, 0.25) is 0 Å². The topological polar surface area (TPSA) is 100 Å². The Morgan fingerprint density at radius 3 is 2.17 bits per heavy atom. The van der Waals surface area contributed by atoms with Crippen molar-refractivity contribution < 1.29 is 28.7 Å². The van der Waals surface area contributed by atoms with Gasteiger partial charge in [-0.1, -0.05) is 0 Å². The number of ether oxygens (including phenoxy) is 4. The molecule has 1 atom stereocenters. The zero-order valence-corrected chi connectivity index (χ0v) is 19.7. The smallest absolute Gasteiger partial charge is 0.269 e. The first-order chi connectivity index (χ1) is 16.9. The zero-order chi connectivity index (χ0) is 24.9. The zero-order valence-electron chi connectivity index (χ0n) is 19.7. The van der Waals surface area contributed by atoms with E-state index in [1.54, 1.807) is 50.5 Å². The second-order valence-corrected chi connectivity index (χ2v) is 7.96. The third-order valence-electron chi connectivity index (χ3n) is 6.06. The summed E-state index contributed by atoms with van der Waals surface area (Å²) in [5.41, 5.74) is 2.24. The van der Waals surface area contributed by atoms with E-state index in [1.807, 2.05) is 12.1 Å². The summed E-state index contributed by atoms with van der Waals surface area (Å²) >= 11 is 0. The molecule has 0 fully saturated rings. The van der Waals surface area contributed by atoms with Gasteiger partial charge >= 0.3 is 0 Å². The molecule has 3 aromatic carbocycles. The third kappa shape index (κ3) is 4.98. The Bertz CT molecular complexity index is 1210. The molecule has 0 saturated carbocycles. The molecule has 0 N–H and O–H groups in total. The van der Waals surface area contributed by atoms with Gasteiger partial charge in [0.2, 0.25) is 0 Å². The van der Waals surface area contributed by atoms with Gasteiger partial charge in [0.1, 0.15) is 18.1 Å². The van der Waals surface area contributed by atoms with Crippen LogP contribution in [0.15, 0.2) is 60.7 Å². The summed E-state index contributed by atoms with van der Waals surface area (Å²) in [5.74, 6) is 2.30. The van der Waals surface area contributed by atoms with Crippen molar-refractivity contribution in [2.45, 2.75) is 12.5 Å². The van der Waals surface area contributed by atoms with Gasteiger partial charge in [-0.05, 0) is 66.1 Å². The van der Waals surface area contributed by atoms with Gasteiger partial charge in [-0.25, -0.2) is 0 Å². The lowest BCUT2D eigenvalue weighted by atomic mass is 9.91. The van der Waals surface area contributed by atoms with Crippen LogP contribution in [0.1, 0.15) is 27.5 Å². The molecule has 0 spiro atoms. The van der Waals surface area contributed by atoms with Gasteiger partial charge in [0.15, 0.2) is 11.5 Å². The molecule has 4 rings (SSSR count). The van der Waals surface area contributed by atoms with E-state index in [0.29, 0.717) is 41.5 Å². The molecule has 1 amide bonds. The van der Waals surface area contributed by atoms with Gasteiger partial charge in [-0.3, -0.25) is 14.9 Å². The molecule has 9 nitrogen and oxygen atoms in total. The number of hydrogen-bond donors (Lipinski definition) is 0. The first kappa shape index (κ1) is 23.9. The minimum Gasteiger partial charge on any atom is -0.497 e. The van der Waals surface area contributed by atoms with Crippen LogP contribution in [-0.4, -0.2) is 50.2 Å². The Hall–Kier alpha value is -4.27. The second-order valence-electron chi connectivity index (χ2n) is 7.96. The maximum Gasteiger partial charge on any atom is 0.269 e. The molecule has 0 aliphatic carbocycles. The Morgan fingerprint density at radius 2 is 1.57 bits per heavy atom. The molecule has 1 heterocycles. The molecular weight excluding hydrogens is 452 g/mol. The first-order valence-electron chi connectivity index (χ1n) is 11.0. The summed E-state index contributed by atoms with van der Waals surface area (Å²) in [4.78, 5) is 25.8. The van der Waals surface area contributed by atoms with Gasteiger partial charge in [0.05, 0.1) is 32.3 Å². The van der Waals surface area contributed by atoms with Gasteiger partial charge in [-0.2, -0.15) is 0 Å². The fourth-order valence-corrected chi connectivity index (χ4v) is 4.19. The van der Waals surface area contributed by atoms with Crippen LogP contribution in [0.25, 0.3) is 0 Å². The molecule has 0 unspecified atom stereocenters. The van der Waals surface area contributed by atoms with E-state index in [2.05, 4.69) is 0 Å². The van der Waals surface area contributed by atoms with Crippen molar-refractivity contribution in [3.63, 3.8) is 0 Å². The third-order valence-corrected chi connectivity index (χ3v) is 6.06. The molecule has 35 heavy (non-hydrogen) atoms. The van der Waals surface area contributed by atoms with Crippen molar-refractivity contribution >= 4 is 11.6 Å². The largest absolute Gasteiger partial charge is 0.497 e. The lowest BCUT2D eigenvalue weighted by molar-refractivity contribution is -0.384. The highest BCUT2D eigenvalue weighted by atomic mass is 16.6. The lowest BCUT2D eigenvalue weighted by Gasteiger charge is -2.37. The van der Waals surface area contributed by atoms with Crippen molar-refractivity contribution in [1.29, 1.82) is 0 Å². The van der Waals surface area contributed by atoms with E-state index in [1.165, 1.54) is 24.3 Å². The number of nitrogens with zero attached hydrogens (tertiary/aromatic N) is 2. The maximum absolute atomic E-state index is 13.5. The van der Waals surface area contributed by atoms with Crippen LogP contribution < -0.4 is 18.9 Å². The van der Waals surface area contributed by atoms with Gasteiger partial charge in [0, 0.05) is 24.2 Å². The predicted octanol–water partition coefficient (Wildman–Crippen LogP) is 4.44. The maximum atomic E-state index is 13.5. The van der Waals surface area contributed by atoms with Gasteiger partial charge in [-0.15, -0.1) is 0 Å². The highest BCUT2D eigenvalue weighted by Crippen LogP contribution is 2.39. The average molecular weight is 479 g/mol. The fourth-order valence-electron chi connectivity index (χ4n) is 4.19. The quantitative estimate of drug-likeness (QED) is 0.349. The summed E-state index contributed by atoms with van der Waals surface area (Å²) in [7, 11) is 4.75. The molecule has 1 aliphatic rings. The van der Waals surface area contributed by atoms with Crippen LogP contribution in [0.3, 0.4) is 0 Å². The Morgan fingerprint density at radius 1 is 0.943 bits per heavy atom. The summed E-state index contributed by atoms with van der Waals surface area (Å²) in [6, 6.07) is 16.2. The van der Waals surface area contributed by atoms with E-state index < -0.39 is 11.0 Å². The van der Waals surface area contributed by atoms with E-state index in [-0.39, 0.29) is 18.2 Å². The monoisotopic (exact) mass is 478 g/mol. The number of non-ortho nitro benzene ring substituents is 1.